The van der Waals surface area contributed by atoms with Crippen molar-refractivity contribution in [3.8, 4) is 0 Å². The molecule has 2 heterocycles. The maximum absolute atomic E-state index is 6.19. The van der Waals surface area contributed by atoms with Crippen LogP contribution >= 0.6 is 11.8 Å². The van der Waals surface area contributed by atoms with Crippen molar-refractivity contribution >= 4 is 11.8 Å². The Kier molecular flexibility index (Phi) is 4.41. The summed E-state index contributed by atoms with van der Waals surface area (Å²) in [4.78, 5) is 2.48. The molecule has 2 rings (SSSR count). The van der Waals surface area contributed by atoms with Crippen LogP contribution in [0.3, 0.4) is 0 Å². The monoisotopic (exact) mass is 268 g/mol. The molecule has 1 aromatic heterocycles. The topological polar surface area (TPSA) is 42.4 Å². The Labute approximate surface area is 114 Å². The minimum absolute atomic E-state index is 0.0815. The van der Waals surface area contributed by atoms with Crippen LogP contribution in [-0.2, 0) is 0 Å². The van der Waals surface area contributed by atoms with Crippen LogP contribution in [-0.4, -0.2) is 34.5 Å². The van der Waals surface area contributed by atoms with Gasteiger partial charge in [0.25, 0.3) is 0 Å². The molecule has 102 valence electrons. The van der Waals surface area contributed by atoms with E-state index in [-0.39, 0.29) is 12.1 Å². The van der Waals surface area contributed by atoms with Crippen LogP contribution in [0.5, 0.6) is 0 Å². The minimum atomic E-state index is 0.0815. The van der Waals surface area contributed by atoms with E-state index in [9.17, 15) is 0 Å². The van der Waals surface area contributed by atoms with Gasteiger partial charge in [0.05, 0.1) is 6.04 Å². The first kappa shape index (κ1) is 14.0. The van der Waals surface area contributed by atoms with Crippen LogP contribution in [0, 0.1) is 6.92 Å². The van der Waals surface area contributed by atoms with E-state index in [1.165, 1.54) is 0 Å². The van der Waals surface area contributed by atoms with Crippen LogP contribution in [0.4, 0.5) is 0 Å². The molecular weight excluding hydrogens is 244 g/mol. The lowest BCUT2D eigenvalue weighted by atomic mass is 10.1. The van der Waals surface area contributed by atoms with Gasteiger partial charge in [-0.2, -0.15) is 11.8 Å². The van der Waals surface area contributed by atoms with Crippen molar-refractivity contribution in [1.29, 1.82) is 0 Å². The van der Waals surface area contributed by atoms with E-state index in [1.807, 2.05) is 13.0 Å². The van der Waals surface area contributed by atoms with Crippen LogP contribution in [0.1, 0.15) is 38.3 Å². The predicted octanol–water partition coefficient (Wildman–Crippen LogP) is 2.80. The van der Waals surface area contributed by atoms with Gasteiger partial charge < -0.3 is 10.2 Å². The molecule has 0 radical (unpaired) electrons. The number of nitrogens with two attached hydrogens (primary N) is 1. The molecule has 1 aliphatic rings. The maximum atomic E-state index is 6.19. The first-order valence-corrected chi connectivity index (χ1v) is 7.63. The van der Waals surface area contributed by atoms with E-state index >= 15 is 0 Å². The van der Waals surface area contributed by atoms with Gasteiger partial charge in [-0.05, 0) is 26.0 Å². The van der Waals surface area contributed by atoms with E-state index in [0.29, 0.717) is 10.5 Å². The number of nitrogens with zero attached hydrogens (tertiary/aromatic N) is 1. The minimum Gasteiger partial charge on any atom is -0.465 e. The van der Waals surface area contributed by atoms with Gasteiger partial charge in [0.2, 0.25) is 0 Å². The molecule has 4 unspecified atom stereocenters. The van der Waals surface area contributed by atoms with E-state index in [2.05, 4.69) is 43.5 Å². The average Bonchev–Trinajstić information content (AvgIpc) is 2.62. The van der Waals surface area contributed by atoms with E-state index in [0.717, 1.165) is 24.6 Å². The van der Waals surface area contributed by atoms with Crippen molar-refractivity contribution < 1.29 is 4.42 Å². The summed E-state index contributed by atoms with van der Waals surface area (Å²) in [6.07, 6.45) is 0. The number of furan rings is 1. The quantitative estimate of drug-likeness (QED) is 0.915. The van der Waals surface area contributed by atoms with Crippen molar-refractivity contribution in [3.05, 3.63) is 23.7 Å². The number of hydrogen-bond acceptors (Lipinski definition) is 4. The second-order valence-electron chi connectivity index (χ2n) is 5.46. The summed E-state index contributed by atoms with van der Waals surface area (Å²) in [5.74, 6) is 1.97. The molecule has 1 saturated heterocycles. The Balaban J connectivity index is 2.19. The van der Waals surface area contributed by atoms with Gasteiger partial charge in [-0.3, -0.25) is 4.90 Å². The van der Waals surface area contributed by atoms with Crippen molar-refractivity contribution in [3.63, 3.8) is 0 Å². The highest BCUT2D eigenvalue weighted by atomic mass is 32.2. The van der Waals surface area contributed by atoms with Crippen LogP contribution in [0.25, 0.3) is 0 Å². The van der Waals surface area contributed by atoms with Gasteiger partial charge in [-0.25, -0.2) is 0 Å². The largest absolute Gasteiger partial charge is 0.465 e. The lowest BCUT2D eigenvalue weighted by molar-refractivity contribution is 0.152. The van der Waals surface area contributed by atoms with E-state index in [1.54, 1.807) is 0 Å². The fourth-order valence-corrected chi connectivity index (χ4v) is 4.18. The SMILES string of the molecule is Cc1ccc(C(C(C)N)N2CC(C)SC(C)C2)o1. The summed E-state index contributed by atoms with van der Waals surface area (Å²) in [7, 11) is 0. The summed E-state index contributed by atoms with van der Waals surface area (Å²) in [5.41, 5.74) is 6.19. The Morgan fingerprint density at radius 3 is 2.39 bits per heavy atom. The lowest BCUT2D eigenvalue weighted by Crippen LogP contribution is -2.47. The fourth-order valence-electron chi connectivity index (χ4n) is 2.83. The first-order chi connectivity index (χ1) is 8.47. The second-order valence-corrected chi connectivity index (χ2v) is 7.35. The normalized spacial score (nSPS) is 29.2. The molecule has 1 fully saturated rings. The summed E-state index contributed by atoms with van der Waals surface area (Å²) in [5, 5.41) is 1.32. The molecule has 4 atom stereocenters. The predicted molar refractivity (Wildman–Crippen MR) is 77.9 cm³/mol. The number of aryl methyl sites for hydroxylation is 1. The third kappa shape index (κ3) is 3.11. The Hall–Kier alpha value is -0.450. The summed E-state index contributed by atoms with van der Waals surface area (Å²) in [6, 6.07) is 4.37. The zero-order chi connectivity index (χ0) is 13.3. The van der Waals surface area contributed by atoms with Crippen molar-refractivity contribution in [2.75, 3.05) is 13.1 Å². The molecule has 0 spiro atoms. The highest BCUT2D eigenvalue weighted by molar-refractivity contribution is 8.00. The van der Waals surface area contributed by atoms with Gasteiger partial charge >= 0.3 is 0 Å². The number of thioether (sulfide) groups is 1. The molecule has 0 aromatic carbocycles. The van der Waals surface area contributed by atoms with E-state index < -0.39 is 0 Å². The van der Waals surface area contributed by atoms with E-state index in [4.69, 9.17) is 10.2 Å². The first-order valence-electron chi connectivity index (χ1n) is 6.68. The highest BCUT2D eigenvalue weighted by Gasteiger charge is 2.32. The molecule has 2 N–H and O–H groups in total. The maximum Gasteiger partial charge on any atom is 0.122 e. The van der Waals surface area contributed by atoms with Crippen LogP contribution in [0.15, 0.2) is 16.5 Å². The number of rotatable bonds is 3. The van der Waals surface area contributed by atoms with Crippen LogP contribution < -0.4 is 5.73 Å². The Morgan fingerprint density at radius 2 is 1.94 bits per heavy atom. The zero-order valence-corrected chi connectivity index (χ0v) is 12.5. The van der Waals surface area contributed by atoms with Crippen LogP contribution in [0.2, 0.25) is 0 Å². The van der Waals surface area contributed by atoms with Gasteiger partial charge in [-0.1, -0.05) is 13.8 Å². The van der Waals surface area contributed by atoms with Gasteiger partial charge in [0, 0.05) is 29.6 Å². The molecule has 0 aliphatic carbocycles. The molecule has 0 bridgehead atoms. The Bertz CT molecular complexity index is 381. The highest BCUT2D eigenvalue weighted by Crippen LogP contribution is 2.32. The average molecular weight is 268 g/mol. The fraction of sp³-hybridized carbons (Fsp3) is 0.714. The molecule has 1 aliphatic heterocycles. The third-order valence-corrected chi connectivity index (χ3v) is 4.62. The van der Waals surface area contributed by atoms with Gasteiger partial charge in [0.1, 0.15) is 11.5 Å². The smallest absolute Gasteiger partial charge is 0.122 e. The van der Waals surface area contributed by atoms with Crippen molar-refractivity contribution in [2.24, 2.45) is 5.73 Å². The molecular formula is C14H24N2OS. The molecule has 4 heteroatoms. The van der Waals surface area contributed by atoms with Crippen molar-refractivity contribution in [1.82, 2.24) is 4.90 Å². The molecule has 1 aromatic rings. The molecule has 18 heavy (non-hydrogen) atoms. The molecule has 0 saturated carbocycles. The standard InChI is InChI=1S/C14H24N2OS/c1-9-5-6-13(17-9)14(12(4)15)16-7-10(2)18-11(3)8-16/h5-6,10-12,14H,7-8,15H2,1-4H3. The van der Waals surface area contributed by atoms with Gasteiger partial charge in [-0.15, -0.1) is 0 Å². The van der Waals surface area contributed by atoms with Gasteiger partial charge in [0.15, 0.2) is 0 Å². The summed E-state index contributed by atoms with van der Waals surface area (Å²) < 4.78 is 5.80. The third-order valence-electron chi connectivity index (χ3n) is 3.39. The lowest BCUT2D eigenvalue weighted by Gasteiger charge is -2.40. The molecule has 0 amide bonds. The summed E-state index contributed by atoms with van der Waals surface area (Å²) in [6.45, 7) is 10.8. The number of hydrogen-bond donors (Lipinski definition) is 1. The Morgan fingerprint density at radius 1 is 1.33 bits per heavy atom. The van der Waals surface area contributed by atoms with Crippen molar-refractivity contribution in [2.45, 2.75) is 50.3 Å². The molecule has 3 nitrogen and oxygen atoms in total. The second kappa shape index (κ2) is 5.68. The summed E-state index contributed by atoms with van der Waals surface area (Å²) >= 11 is 2.06. The zero-order valence-electron chi connectivity index (χ0n) is 11.7.